The van der Waals surface area contributed by atoms with E-state index >= 15 is 0 Å². The number of nitrogens with one attached hydrogen (secondary N) is 1. The molecule has 2 N–H and O–H groups in total. The first-order valence-corrected chi connectivity index (χ1v) is 8.66. The van der Waals surface area contributed by atoms with E-state index in [4.69, 9.17) is 0 Å². The molecule has 0 unspecified atom stereocenters. The van der Waals surface area contributed by atoms with Gasteiger partial charge >= 0.3 is 10.2 Å². The molecule has 6 nitrogen and oxygen atoms in total. The van der Waals surface area contributed by atoms with E-state index in [0.717, 1.165) is 0 Å². The number of benzene rings is 2. The van der Waals surface area contributed by atoms with Gasteiger partial charge in [0.1, 0.15) is 18.0 Å². The van der Waals surface area contributed by atoms with Gasteiger partial charge in [0.25, 0.3) is 5.91 Å². The second-order valence-electron chi connectivity index (χ2n) is 5.40. The lowest BCUT2D eigenvalue weighted by molar-refractivity contribution is -0.117. The lowest BCUT2D eigenvalue weighted by atomic mass is 10.1. The van der Waals surface area contributed by atoms with Crippen LogP contribution in [0, 0.1) is 24.6 Å². The summed E-state index contributed by atoms with van der Waals surface area (Å²) in [5.41, 5.74) is 0.354. The zero-order valence-corrected chi connectivity index (χ0v) is 13.9. The third-order valence-corrected chi connectivity index (χ3v) is 4.97. The van der Waals surface area contributed by atoms with Crippen LogP contribution in [0.4, 0.5) is 10.1 Å². The molecule has 1 amide bonds. The summed E-state index contributed by atoms with van der Waals surface area (Å²) < 4.78 is 41.0. The van der Waals surface area contributed by atoms with Crippen molar-refractivity contribution in [2.24, 2.45) is 0 Å². The molecular formula is C17H13FN2O4S. The Kier molecular flexibility index (Phi) is 4.10. The molecule has 2 aromatic carbocycles. The minimum atomic E-state index is -4.25. The number of phenols is 1. The Hall–Kier alpha value is -3.05. The fourth-order valence-corrected chi connectivity index (χ4v) is 3.61. The van der Waals surface area contributed by atoms with Crippen LogP contribution in [0.1, 0.15) is 16.7 Å². The summed E-state index contributed by atoms with van der Waals surface area (Å²) in [6.45, 7) is 0.935. The second-order valence-corrected chi connectivity index (χ2v) is 7.00. The number of amides is 1. The van der Waals surface area contributed by atoms with Gasteiger partial charge in [-0.2, -0.15) is 8.42 Å². The first-order chi connectivity index (χ1) is 11.8. The molecule has 0 aromatic heterocycles. The van der Waals surface area contributed by atoms with Gasteiger partial charge in [0.05, 0.1) is 5.56 Å². The number of rotatable bonds is 1. The molecule has 0 atom stereocenters. The molecular weight excluding hydrogens is 347 g/mol. The van der Waals surface area contributed by atoms with Crippen LogP contribution < -0.4 is 9.03 Å². The fraction of sp³-hybridized carbons (Fsp3) is 0.118. The van der Waals surface area contributed by atoms with Crippen molar-refractivity contribution in [3.63, 3.8) is 0 Å². The average Bonchev–Trinajstić information content (AvgIpc) is 2.80. The molecule has 0 spiro atoms. The molecule has 2 aromatic rings. The standard InChI is InChI=1S/C17H13FN2O4S/c1-11-9-14(21)17(20-10-15(22)19-25(20,23)24)16(18)13(11)8-7-12-5-3-2-4-6-12/h2-6,9,21H,10H2,1H3,(H,19,22). The maximum atomic E-state index is 14.9. The highest BCUT2D eigenvalue weighted by molar-refractivity contribution is 7.92. The number of aryl methyl sites for hydroxylation is 1. The highest BCUT2D eigenvalue weighted by atomic mass is 32.2. The van der Waals surface area contributed by atoms with Crippen molar-refractivity contribution in [2.45, 2.75) is 6.92 Å². The van der Waals surface area contributed by atoms with Gasteiger partial charge in [0.15, 0.2) is 5.82 Å². The monoisotopic (exact) mass is 360 g/mol. The number of aromatic hydroxyl groups is 1. The first-order valence-electron chi connectivity index (χ1n) is 7.22. The number of carbonyl (C=O) groups excluding carboxylic acids is 1. The summed E-state index contributed by atoms with van der Waals surface area (Å²) in [7, 11) is -4.25. The van der Waals surface area contributed by atoms with Gasteiger partial charge in [-0.3, -0.25) is 4.79 Å². The third kappa shape index (κ3) is 3.14. The van der Waals surface area contributed by atoms with Crippen molar-refractivity contribution in [3.8, 4) is 17.6 Å². The maximum Gasteiger partial charge on any atom is 0.326 e. The van der Waals surface area contributed by atoms with Crippen LogP contribution in [0.15, 0.2) is 36.4 Å². The molecule has 1 aliphatic heterocycles. The fourth-order valence-electron chi connectivity index (χ4n) is 2.44. The Morgan fingerprint density at radius 1 is 1.24 bits per heavy atom. The van der Waals surface area contributed by atoms with Crippen LogP contribution in [-0.4, -0.2) is 26.0 Å². The van der Waals surface area contributed by atoms with Gasteiger partial charge < -0.3 is 5.11 Å². The lowest BCUT2D eigenvalue weighted by Gasteiger charge is -2.18. The minimum Gasteiger partial charge on any atom is -0.506 e. The van der Waals surface area contributed by atoms with Crippen LogP contribution in [-0.2, 0) is 15.0 Å². The van der Waals surface area contributed by atoms with Crippen LogP contribution in [0.2, 0.25) is 0 Å². The van der Waals surface area contributed by atoms with Gasteiger partial charge in [-0.15, -0.1) is 0 Å². The normalized spacial score (nSPS) is 15.4. The average molecular weight is 360 g/mol. The highest BCUT2D eigenvalue weighted by Crippen LogP contribution is 2.36. The van der Waals surface area contributed by atoms with Gasteiger partial charge in [0, 0.05) is 5.56 Å². The minimum absolute atomic E-state index is 0.0498. The van der Waals surface area contributed by atoms with E-state index in [2.05, 4.69) is 11.8 Å². The number of phenolic OH excluding ortho intramolecular Hbond substituents is 1. The van der Waals surface area contributed by atoms with Gasteiger partial charge in [-0.25, -0.2) is 13.4 Å². The van der Waals surface area contributed by atoms with E-state index in [0.29, 0.717) is 15.4 Å². The predicted octanol–water partition coefficient (Wildman–Crippen LogP) is 1.42. The molecule has 3 rings (SSSR count). The molecule has 1 saturated heterocycles. The van der Waals surface area contributed by atoms with E-state index in [1.165, 1.54) is 6.07 Å². The van der Waals surface area contributed by atoms with E-state index in [9.17, 15) is 22.7 Å². The van der Waals surface area contributed by atoms with Crippen molar-refractivity contribution in [3.05, 3.63) is 58.9 Å². The summed E-state index contributed by atoms with van der Waals surface area (Å²) in [4.78, 5) is 11.4. The maximum absolute atomic E-state index is 14.9. The van der Waals surface area contributed by atoms with Crippen LogP contribution in [0.25, 0.3) is 0 Å². The summed E-state index contributed by atoms with van der Waals surface area (Å²) in [5.74, 6) is 3.06. The molecule has 25 heavy (non-hydrogen) atoms. The van der Waals surface area contributed by atoms with Gasteiger partial charge in [0.2, 0.25) is 0 Å². The predicted molar refractivity (Wildman–Crippen MR) is 89.6 cm³/mol. The Morgan fingerprint density at radius 2 is 1.92 bits per heavy atom. The van der Waals surface area contributed by atoms with Crippen LogP contribution in [0.5, 0.6) is 5.75 Å². The largest absolute Gasteiger partial charge is 0.506 e. The lowest BCUT2D eigenvalue weighted by Crippen LogP contribution is -2.30. The van der Waals surface area contributed by atoms with Crippen LogP contribution >= 0.6 is 0 Å². The Bertz CT molecular complexity index is 1020. The SMILES string of the molecule is Cc1cc(O)c(N2CC(=O)NS2(=O)=O)c(F)c1C#Cc1ccccc1. The zero-order chi connectivity index (χ0) is 18.2. The van der Waals surface area contributed by atoms with Crippen molar-refractivity contribution in [1.29, 1.82) is 0 Å². The smallest absolute Gasteiger partial charge is 0.326 e. The number of anilines is 1. The molecule has 0 aliphatic carbocycles. The number of hydrogen-bond donors (Lipinski definition) is 2. The van der Waals surface area contributed by atoms with E-state index in [1.807, 2.05) is 6.07 Å². The van der Waals surface area contributed by atoms with Gasteiger partial charge in [-0.05, 0) is 30.7 Å². The number of halogens is 1. The first kappa shape index (κ1) is 16.8. The molecule has 0 saturated carbocycles. The number of hydrogen-bond acceptors (Lipinski definition) is 4. The van der Waals surface area contributed by atoms with E-state index in [1.54, 1.807) is 35.9 Å². The van der Waals surface area contributed by atoms with Crippen LogP contribution in [0.3, 0.4) is 0 Å². The van der Waals surface area contributed by atoms with Crippen molar-refractivity contribution < 1.29 is 22.7 Å². The molecule has 0 bridgehead atoms. The molecule has 0 radical (unpaired) electrons. The Labute approximate surface area is 144 Å². The van der Waals surface area contributed by atoms with Crippen molar-refractivity contribution in [2.75, 3.05) is 10.8 Å². The molecule has 8 heteroatoms. The summed E-state index contributed by atoms with van der Waals surface area (Å²) in [6, 6.07) is 10.1. The summed E-state index contributed by atoms with van der Waals surface area (Å²) in [6.07, 6.45) is 0. The Morgan fingerprint density at radius 3 is 2.52 bits per heavy atom. The molecule has 1 heterocycles. The van der Waals surface area contributed by atoms with E-state index < -0.39 is 39.9 Å². The van der Waals surface area contributed by atoms with Crippen molar-refractivity contribution in [1.82, 2.24) is 4.72 Å². The van der Waals surface area contributed by atoms with Crippen molar-refractivity contribution >= 4 is 21.8 Å². The topological polar surface area (TPSA) is 86.7 Å². The molecule has 1 aliphatic rings. The van der Waals surface area contributed by atoms with E-state index in [-0.39, 0.29) is 5.56 Å². The summed E-state index contributed by atoms with van der Waals surface area (Å²) >= 11 is 0. The zero-order valence-electron chi connectivity index (χ0n) is 13.1. The Balaban J connectivity index is 2.14. The number of carbonyl (C=O) groups is 1. The van der Waals surface area contributed by atoms with Gasteiger partial charge in [-0.1, -0.05) is 30.0 Å². The molecule has 128 valence electrons. The molecule has 1 fully saturated rings. The summed E-state index contributed by atoms with van der Waals surface area (Å²) in [5, 5.41) is 10.0. The third-order valence-electron chi connectivity index (χ3n) is 3.59. The number of nitrogens with zero attached hydrogens (tertiary/aromatic N) is 1. The quantitative estimate of drug-likeness (QED) is 0.753. The highest BCUT2D eigenvalue weighted by Gasteiger charge is 2.38. The second kappa shape index (κ2) is 6.11.